The number of piperidine rings is 1. The van der Waals surface area contributed by atoms with Gasteiger partial charge in [0.2, 0.25) is 0 Å². The molecule has 0 spiro atoms. The fourth-order valence-corrected chi connectivity index (χ4v) is 2.52. The maximum atomic E-state index is 12.5. The molecule has 2 heterocycles. The Morgan fingerprint density at radius 3 is 2.58 bits per heavy atom. The minimum Gasteiger partial charge on any atom is -0.481 e. The van der Waals surface area contributed by atoms with E-state index in [1.165, 1.54) is 0 Å². The lowest BCUT2D eigenvalue weighted by Gasteiger charge is -2.36. The third-order valence-corrected chi connectivity index (χ3v) is 3.74. The van der Waals surface area contributed by atoms with Crippen LogP contribution in [0.25, 0.3) is 0 Å². The van der Waals surface area contributed by atoms with Crippen molar-refractivity contribution in [1.82, 2.24) is 10.1 Å². The maximum Gasteiger partial charge on any atom is 0.308 e. The topological polar surface area (TPSA) is 83.6 Å². The van der Waals surface area contributed by atoms with Crippen molar-refractivity contribution in [3.8, 4) is 0 Å². The minimum atomic E-state index is -0.844. The predicted octanol–water partition coefficient (Wildman–Crippen LogP) is 1.62. The first-order valence-corrected chi connectivity index (χ1v) is 6.38. The van der Waals surface area contributed by atoms with Crippen LogP contribution in [0.15, 0.2) is 4.52 Å². The number of hydrogen-bond acceptors (Lipinski definition) is 4. The summed E-state index contributed by atoms with van der Waals surface area (Å²) in [6, 6.07) is 0.0387. The van der Waals surface area contributed by atoms with Crippen LogP contribution in [0, 0.1) is 19.8 Å². The van der Waals surface area contributed by atoms with Crippen molar-refractivity contribution in [2.24, 2.45) is 5.92 Å². The van der Waals surface area contributed by atoms with Crippen LogP contribution >= 0.6 is 0 Å². The van der Waals surface area contributed by atoms with Crippen LogP contribution in [0.4, 0.5) is 0 Å². The molecule has 0 bridgehead atoms. The Morgan fingerprint density at radius 2 is 2.05 bits per heavy atom. The summed E-state index contributed by atoms with van der Waals surface area (Å²) in [5, 5.41) is 12.9. The van der Waals surface area contributed by atoms with Gasteiger partial charge in [0, 0.05) is 12.6 Å². The van der Waals surface area contributed by atoms with Crippen molar-refractivity contribution in [3.63, 3.8) is 0 Å². The van der Waals surface area contributed by atoms with Gasteiger partial charge < -0.3 is 14.5 Å². The summed E-state index contributed by atoms with van der Waals surface area (Å²) in [7, 11) is 0. The number of likely N-dealkylation sites (tertiary alicyclic amines) is 1. The van der Waals surface area contributed by atoms with E-state index in [1.54, 1.807) is 18.7 Å². The second-order valence-electron chi connectivity index (χ2n) is 5.12. The Bertz CT molecular complexity index is 489. The smallest absolute Gasteiger partial charge is 0.308 e. The molecule has 1 aliphatic rings. The van der Waals surface area contributed by atoms with Crippen LogP contribution in [0.3, 0.4) is 0 Å². The number of nitrogens with zero attached hydrogens (tertiary/aromatic N) is 2. The molecule has 0 saturated carbocycles. The van der Waals surface area contributed by atoms with Crippen molar-refractivity contribution in [3.05, 3.63) is 17.0 Å². The lowest BCUT2D eigenvalue weighted by Crippen LogP contribution is -2.47. The molecule has 0 aliphatic carbocycles. The molecule has 2 rings (SSSR count). The molecule has 1 aromatic rings. The van der Waals surface area contributed by atoms with E-state index in [0.29, 0.717) is 29.9 Å². The molecule has 1 fully saturated rings. The highest BCUT2D eigenvalue weighted by molar-refractivity contribution is 5.96. The van der Waals surface area contributed by atoms with Gasteiger partial charge in [-0.1, -0.05) is 5.16 Å². The maximum absolute atomic E-state index is 12.5. The molecule has 104 valence electrons. The van der Waals surface area contributed by atoms with E-state index in [9.17, 15) is 9.59 Å². The Hall–Kier alpha value is -1.85. The number of rotatable bonds is 2. The lowest BCUT2D eigenvalue weighted by molar-refractivity contribution is -0.143. The van der Waals surface area contributed by atoms with Gasteiger partial charge in [-0.15, -0.1) is 0 Å². The zero-order chi connectivity index (χ0) is 14.2. The molecule has 1 saturated heterocycles. The van der Waals surface area contributed by atoms with Crippen molar-refractivity contribution >= 4 is 11.9 Å². The van der Waals surface area contributed by atoms with Gasteiger partial charge in [-0.3, -0.25) is 9.59 Å². The number of hydrogen-bond donors (Lipinski definition) is 1. The molecular formula is C13H18N2O4. The summed E-state index contributed by atoms with van der Waals surface area (Å²) in [5.41, 5.74) is 1.00. The molecule has 6 nitrogen and oxygen atoms in total. The molecule has 0 aromatic carbocycles. The molecule has 0 radical (unpaired) electrons. The fourth-order valence-electron chi connectivity index (χ4n) is 2.52. The summed E-state index contributed by atoms with van der Waals surface area (Å²) in [5.74, 6) is -1.04. The number of carboxylic acids is 1. The van der Waals surface area contributed by atoms with E-state index in [-0.39, 0.29) is 18.5 Å². The van der Waals surface area contributed by atoms with Gasteiger partial charge in [-0.05, 0) is 33.6 Å². The minimum absolute atomic E-state index is 0.0387. The zero-order valence-corrected chi connectivity index (χ0v) is 11.3. The van der Waals surface area contributed by atoms with Crippen molar-refractivity contribution in [1.29, 1.82) is 0 Å². The average molecular weight is 266 g/mol. The second kappa shape index (κ2) is 5.03. The number of aliphatic carboxylic acids is 1. The summed E-state index contributed by atoms with van der Waals surface area (Å²) < 4.78 is 5.00. The molecule has 1 amide bonds. The van der Waals surface area contributed by atoms with Crippen LogP contribution in [-0.2, 0) is 4.79 Å². The Morgan fingerprint density at radius 1 is 1.37 bits per heavy atom. The highest BCUT2D eigenvalue weighted by Crippen LogP contribution is 2.25. The van der Waals surface area contributed by atoms with Crippen molar-refractivity contribution in [2.75, 3.05) is 6.54 Å². The van der Waals surface area contributed by atoms with Gasteiger partial charge in [0.05, 0.1) is 11.6 Å². The predicted molar refractivity (Wildman–Crippen MR) is 66.8 cm³/mol. The quantitative estimate of drug-likeness (QED) is 0.879. The SMILES string of the molecule is Cc1noc(C)c1C(=O)N1CC(C(=O)O)CCC1C. The fraction of sp³-hybridized carbons (Fsp3) is 0.615. The molecule has 2 atom stereocenters. The highest BCUT2D eigenvalue weighted by Gasteiger charge is 2.34. The van der Waals surface area contributed by atoms with Crippen LogP contribution in [0.2, 0.25) is 0 Å². The Balaban J connectivity index is 2.24. The Labute approximate surface area is 111 Å². The van der Waals surface area contributed by atoms with E-state index in [0.717, 1.165) is 0 Å². The number of carbonyl (C=O) groups is 2. The first-order chi connectivity index (χ1) is 8.91. The molecule has 19 heavy (non-hydrogen) atoms. The van der Waals surface area contributed by atoms with Crippen LogP contribution < -0.4 is 0 Å². The van der Waals surface area contributed by atoms with Crippen LogP contribution in [0.5, 0.6) is 0 Å². The molecular weight excluding hydrogens is 248 g/mol. The molecule has 6 heteroatoms. The van der Waals surface area contributed by atoms with Crippen LogP contribution in [0.1, 0.15) is 41.6 Å². The number of carbonyl (C=O) groups excluding carboxylic acids is 1. The third-order valence-electron chi connectivity index (χ3n) is 3.74. The molecule has 1 N–H and O–H groups in total. The van der Waals surface area contributed by atoms with Gasteiger partial charge in [-0.2, -0.15) is 0 Å². The summed E-state index contributed by atoms with van der Waals surface area (Å²) >= 11 is 0. The van der Waals surface area contributed by atoms with E-state index < -0.39 is 11.9 Å². The van der Waals surface area contributed by atoms with Gasteiger partial charge in [0.1, 0.15) is 11.3 Å². The number of amides is 1. The number of carboxylic acid groups (broad SMARTS) is 1. The van der Waals surface area contributed by atoms with Gasteiger partial charge >= 0.3 is 5.97 Å². The second-order valence-corrected chi connectivity index (χ2v) is 5.12. The molecule has 1 aromatic heterocycles. The van der Waals surface area contributed by atoms with E-state index >= 15 is 0 Å². The Kier molecular flexibility index (Phi) is 3.59. The van der Waals surface area contributed by atoms with E-state index in [1.807, 2.05) is 6.92 Å². The molecule has 2 unspecified atom stereocenters. The monoisotopic (exact) mass is 266 g/mol. The normalized spacial score (nSPS) is 23.4. The zero-order valence-electron chi connectivity index (χ0n) is 11.3. The lowest BCUT2D eigenvalue weighted by atomic mass is 9.93. The highest BCUT2D eigenvalue weighted by atomic mass is 16.5. The van der Waals surface area contributed by atoms with E-state index in [4.69, 9.17) is 9.63 Å². The van der Waals surface area contributed by atoms with Gasteiger partial charge in [-0.25, -0.2) is 0 Å². The van der Waals surface area contributed by atoms with E-state index in [2.05, 4.69) is 5.16 Å². The average Bonchev–Trinajstić information content (AvgIpc) is 2.68. The third kappa shape index (κ3) is 2.47. The number of aromatic nitrogens is 1. The standard InChI is InChI=1S/C13H18N2O4/c1-7-4-5-10(13(17)18)6-15(7)12(16)11-8(2)14-19-9(11)3/h7,10H,4-6H2,1-3H3,(H,17,18). The van der Waals surface area contributed by atoms with Crippen molar-refractivity contribution < 1.29 is 19.2 Å². The van der Waals surface area contributed by atoms with Gasteiger partial charge in [0.25, 0.3) is 5.91 Å². The first-order valence-electron chi connectivity index (χ1n) is 6.38. The van der Waals surface area contributed by atoms with Gasteiger partial charge in [0.15, 0.2) is 0 Å². The summed E-state index contributed by atoms with van der Waals surface area (Å²) in [4.78, 5) is 25.2. The number of aryl methyl sites for hydroxylation is 2. The molecule has 1 aliphatic heterocycles. The summed E-state index contributed by atoms with van der Waals surface area (Å²) in [6.07, 6.45) is 1.31. The largest absolute Gasteiger partial charge is 0.481 e. The first kappa shape index (κ1) is 13.6. The van der Waals surface area contributed by atoms with Crippen LogP contribution in [-0.4, -0.2) is 39.6 Å². The summed E-state index contributed by atoms with van der Waals surface area (Å²) in [6.45, 7) is 5.59. The van der Waals surface area contributed by atoms with Crippen molar-refractivity contribution in [2.45, 2.75) is 39.7 Å².